The topological polar surface area (TPSA) is 69.8 Å². The standard InChI is InChI=1S/C20H20N4OS.ClH/c1-26-18-6-4-16(5-7-18)23-20(25)24-17-3-2-13-8-15(9-14(13)10-17)19-11-21-12-22-19;/h2-7,10-12,15H,8-9H2,1H3,(H,21,22)(H2,23,24,25);1H. The van der Waals surface area contributed by atoms with Crippen LogP contribution in [0, 0.1) is 0 Å². The number of nitrogens with zero attached hydrogens (tertiary/aromatic N) is 1. The van der Waals surface area contributed by atoms with Crippen LogP contribution in [-0.2, 0) is 12.8 Å². The molecule has 27 heavy (non-hydrogen) atoms. The van der Waals surface area contributed by atoms with Crippen LogP contribution < -0.4 is 10.6 Å². The number of urea groups is 1. The molecule has 2 amide bonds. The molecule has 1 aliphatic rings. The number of imidazole rings is 1. The summed E-state index contributed by atoms with van der Waals surface area (Å²) < 4.78 is 0. The van der Waals surface area contributed by atoms with Crippen LogP contribution in [0.3, 0.4) is 0 Å². The van der Waals surface area contributed by atoms with Crippen LogP contribution in [0.15, 0.2) is 59.9 Å². The molecule has 0 spiro atoms. The SMILES string of the molecule is CSc1ccc(NC(=O)Nc2ccc3c(c2)CC(c2cnc[nH]2)C3)cc1.Cl. The zero-order valence-electron chi connectivity index (χ0n) is 14.9. The molecule has 7 heteroatoms. The number of fused-ring (bicyclic) bond motifs is 1. The van der Waals surface area contributed by atoms with E-state index < -0.39 is 0 Å². The summed E-state index contributed by atoms with van der Waals surface area (Å²) in [6.07, 6.45) is 7.61. The number of rotatable bonds is 4. The van der Waals surface area contributed by atoms with Gasteiger partial charge >= 0.3 is 6.03 Å². The third kappa shape index (κ3) is 4.46. The van der Waals surface area contributed by atoms with Gasteiger partial charge in [-0.1, -0.05) is 6.07 Å². The number of halogens is 1. The Balaban J connectivity index is 0.00000210. The molecule has 0 aliphatic heterocycles. The molecule has 2 aromatic carbocycles. The Morgan fingerprint density at radius 3 is 2.48 bits per heavy atom. The fourth-order valence-electron chi connectivity index (χ4n) is 3.37. The second kappa shape index (κ2) is 8.50. The van der Waals surface area contributed by atoms with E-state index in [1.165, 1.54) is 21.7 Å². The molecular weight excluding hydrogens is 380 g/mol. The molecule has 0 bridgehead atoms. The zero-order chi connectivity index (χ0) is 17.9. The fraction of sp³-hybridized carbons (Fsp3) is 0.200. The van der Waals surface area contributed by atoms with Crippen LogP contribution in [0.1, 0.15) is 22.7 Å². The predicted octanol–water partition coefficient (Wildman–Crippen LogP) is 5.08. The van der Waals surface area contributed by atoms with Crippen LogP contribution in [0.2, 0.25) is 0 Å². The number of aromatic nitrogens is 2. The monoisotopic (exact) mass is 400 g/mol. The van der Waals surface area contributed by atoms with Gasteiger partial charge in [0.1, 0.15) is 0 Å². The molecule has 3 aromatic rings. The lowest BCUT2D eigenvalue weighted by Crippen LogP contribution is -2.19. The van der Waals surface area contributed by atoms with Gasteiger partial charge in [0.2, 0.25) is 0 Å². The molecule has 3 N–H and O–H groups in total. The van der Waals surface area contributed by atoms with Gasteiger partial charge in [0.15, 0.2) is 0 Å². The van der Waals surface area contributed by atoms with Gasteiger partial charge in [0.25, 0.3) is 0 Å². The van der Waals surface area contributed by atoms with Crippen LogP contribution in [0.4, 0.5) is 16.2 Å². The molecule has 1 heterocycles. The van der Waals surface area contributed by atoms with Gasteiger partial charge in [0.05, 0.1) is 6.33 Å². The van der Waals surface area contributed by atoms with Crippen LogP contribution >= 0.6 is 24.2 Å². The highest BCUT2D eigenvalue weighted by molar-refractivity contribution is 7.98. The van der Waals surface area contributed by atoms with E-state index in [0.717, 1.165) is 24.2 Å². The maximum absolute atomic E-state index is 12.2. The van der Waals surface area contributed by atoms with E-state index >= 15 is 0 Å². The highest BCUT2D eigenvalue weighted by atomic mass is 35.5. The number of benzene rings is 2. The minimum atomic E-state index is -0.232. The van der Waals surface area contributed by atoms with Crippen molar-refractivity contribution in [3.63, 3.8) is 0 Å². The Bertz CT molecular complexity index is 912. The lowest BCUT2D eigenvalue weighted by molar-refractivity contribution is 0.262. The smallest absolute Gasteiger partial charge is 0.323 e. The first-order valence-corrected chi connectivity index (χ1v) is 9.76. The van der Waals surface area contributed by atoms with Gasteiger partial charge < -0.3 is 15.6 Å². The van der Waals surface area contributed by atoms with E-state index in [9.17, 15) is 4.79 Å². The third-order valence-electron chi connectivity index (χ3n) is 4.70. The number of carbonyl (C=O) groups is 1. The van der Waals surface area contributed by atoms with E-state index in [1.807, 2.05) is 42.8 Å². The van der Waals surface area contributed by atoms with E-state index in [0.29, 0.717) is 5.92 Å². The van der Waals surface area contributed by atoms with Gasteiger partial charge in [0, 0.05) is 34.1 Å². The summed E-state index contributed by atoms with van der Waals surface area (Å²) in [5.41, 5.74) is 5.38. The van der Waals surface area contributed by atoms with Crippen LogP contribution in [0.5, 0.6) is 0 Å². The number of aromatic amines is 1. The number of hydrogen-bond donors (Lipinski definition) is 3. The number of carbonyl (C=O) groups excluding carboxylic acids is 1. The summed E-state index contributed by atoms with van der Waals surface area (Å²) in [6.45, 7) is 0. The molecule has 0 radical (unpaired) electrons. The van der Waals surface area contributed by atoms with Gasteiger partial charge in [-0.05, 0) is 66.6 Å². The summed E-state index contributed by atoms with van der Waals surface area (Å²) in [7, 11) is 0. The molecule has 0 fully saturated rings. The van der Waals surface area contributed by atoms with Crippen molar-refractivity contribution < 1.29 is 4.79 Å². The quantitative estimate of drug-likeness (QED) is 0.535. The molecule has 140 valence electrons. The number of anilines is 2. The average molecular weight is 401 g/mol. The minimum absolute atomic E-state index is 0. The Kier molecular flexibility index (Phi) is 6.08. The highest BCUT2D eigenvalue weighted by Crippen LogP contribution is 2.34. The first-order chi connectivity index (χ1) is 12.7. The van der Waals surface area contributed by atoms with Gasteiger partial charge in [-0.15, -0.1) is 24.2 Å². The van der Waals surface area contributed by atoms with Gasteiger partial charge in [-0.3, -0.25) is 0 Å². The summed E-state index contributed by atoms with van der Waals surface area (Å²) >= 11 is 1.67. The van der Waals surface area contributed by atoms with Crippen molar-refractivity contribution in [2.45, 2.75) is 23.7 Å². The Morgan fingerprint density at radius 2 is 1.78 bits per heavy atom. The third-order valence-corrected chi connectivity index (χ3v) is 5.45. The molecule has 0 saturated carbocycles. The Labute approximate surface area is 168 Å². The number of nitrogens with one attached hydrogen (secondary N) is 3. The molecule has 4 rings (SSSR count). The summed E-state index contributed by atoms with van der Waals surface area (Å²) in [5.74, 6) is 0.437. The van der Waals surface area contributed by atoms with Crippen LogP contribution in [-0.4, -0.2) is 22.3 Å². The van der Waals surface area contributed by atoms with E-state index in [2.05, 4.69) is 32.7 Å². The second-order valence-corrected chi connectivity index (χ2v) is 7.28. The predicted molar refractivity (Wildman–Crippen MR) is 113 cm³/mol. The number of amides is 2. The normalized spacial score (nSPS) is 14.9. The van der Waals surface area contributed by atoms with E-state index in [4.69, 9.17) is 0 Å². The fourth-order valence-corrected chi connectivity index (χ4v) is 3.78. The summed E-state index contributed by atoms with van der Waals surface area (Å²) in [6, 6.07) is 13.7. The molecule has 1 atom stereocenters. The molecular formula is C20H21ClN4OS. The highest BCUT2D eigenvalue weighted by Gasteiger charge is 2.24. The Hall–Kier alpha value is -2.44. The second-order valence-electron chi connectivity index (χ2n) is 6.40. The van der Waals surface area contributed by atoms with Gasteiger partial charge in [-0.2, -0.15) is 0 Å². The lowest BCUT2D eigenvalue weighted by atomic mass is 10.0. The van der Waals surface area contributed by atoms with E-state index in [-0.39, 0.29) is 18.4 Å². The molecule has 1 aliphatic carbocycles. The van der Waals surface area contributed by atoms with Crippen molar-refractivity contribution in [3.05, 3.63) is 71.8 Å². The molecule has 5 nitrogen and oxygen atoms in total. The maximum atomic E-state index is 12.2. The first-order valence-electron chi connectivity index (χ1n) is 8.53. The molecule has 1 unspecified atom stereocenters. The lowest BCUT2D eigenvalue weighted by Gasteiger charge is -2.09. The van der Waals surface area contributed by atoms with Crippen molar-refractivity contribution in [1.29, 1.82) is 0 Å². The maximum Gasteiger partial charge on any atom is 0.323 e. The summed E-state index contributed by atoms with van der Waals surface area (Å²) in [5, 5.41) is 5.79. The van der Waals surface area contributed by atoms with Crippen molar-refractivity contribution in [2.75, 3.05) is 16.9 Å². The van der Waals surface area contributed by atoms with Crippen LogP contribution in [0.25, 0.3) is 0 Å². The Morgan fingerprint density at radius 1 is 1.07 bits per heavy atom. The van der Waals surface area contributed by atoms with Crippen molar-refractivity contribution >= 4 is 41.6 Å². The number of H-pyrrole nitrogens is 1. The van der Waals surface area contributed by atoms with Gasteiger partial charge in [-0.25, -0.2) is 9.78 Å². The first kappa shape index (κ1) is 19.3. The van der Waals surface area contributed by atoms with Crippen molar-refractivity contribution in [3.8, 4) is 0 Å². The average Bonchev–Trinajstić information content (AvgIpc) is 3.31. The van der Waals surface area contributed by atoms with Crippen molar-refractivity contribution in [1.82, 2.24) is 9.97 Å². The largest absolute Gasteiger partial charge is 0.348 e. The molecule has 0 saturated heterocycles. The zero-order valence-corrected chi connectivity index (χ0v) is 16.5. The number of thioether (sulfide) groups is 1. The number of hydrogen-bond acceptors (Lipinski definition) is 3. The summed E-state index contributed by atoms with van der Waals surface area (Å²) in [4.78, 5) is 20.7. The van der Waals surface area contributed by atoms with E-state index in [1.54, 1.807) is 18.1 Å². The van der Waals surface area contributed by atoms with Crippen molar-refractivity contribution in [2.24, 2.45) is 0 Å². The molecule has 1 aromatic heterocycles. The minimum Gasteiger partial charge on any atom is -0.348 e.